The average molecular weight is 222 g/mol. The van der Waals surface area contributed by atoms with Gasteiger partial charge in [-0.2, -0.15) is 0 Å². The van der Waals surface area contributed by atoms with Crippen LogP contribution in [0.2, 0.25) is 0 Å². The van der Waals surface area contributed by atoms with Gasteiger partial charge < -0.3 is 4.98 Å². The summed E-state index contributed by atoms with van der Waals surface area (Å²) in [7, 11) is 0. The molecule has 1 aliphatic rings. The van der Waals surface area contributed by atoms with Crippen LogP contribution in [0.25, 0.3) is 11.0 Å². The number of alkyl halides is 2. The third-order valence-corrected chi connectivity index (χ3v) is 3.08. The molecular formula is C12H12F2N2. The quantitative estimate of drug-likeness (QED) is 0.829. The molecule has 1 N–H and O–H groups in total. The van der Waals surface area contributed by atoms with Gasteiger partial charge in [-0.25, -0.2) is 13.8 Å². The normalized spacial score (nSPS) is 16.9. The van der Waals surface area contributed by atoms with Crippen molar-refractivity contribution in [1.29, 1.82) is 0 Å². The van der Waals surface area contributed by atoms with Gasteiger partial charge in [0.25, 0.3) is 5.92 Å². The van der Waals surface area contributed by atoms with Crippen LogP contribution in [0.4, 0.5) is 8.78 Å². The molecule has 0 unspecified atom stereocenters. The Morgan fingerprint density at radius 1 is 1.38 bits per heavy atom. The lowest BCUT2D eigenvalue weighted by atomic mass is 10.0. The third-order valence-electron chi connectivity index (χ3n) is 3.08. The highest BCUT2D eigenvalue weighted by atomic mass is 19.3. The van der Waals surface area contributed by atoms with Crippen LogP contribution >= 0.6 is 0 Å². The zero-order chi connectivity index (χ0) is 11.3. The number of aromatic amines is 1. The van der Waals surface area contributed by atoms with E-state index in [1.54, 1.807) is 6.07 Å². The summed E-state index contributed by atoms with van der Waals surface area (Å²) in [5.41, 5.74) is 1.54. The van der Waals surface area contributed by atoms with Crippen LogP contribution in [0, 0.1) is 12.8 Å². The minimum atomic E-state index is -2.69. The second-order valence-corrected chi connectivity index (χ2v) is 4.45. The molecule has 1 saturated carbocycles. The summed E-state index contributed by atoms with van der Waals surface area (Å²) in [4.78, 5) is 7.18. The van der Waals surface area contributed by atoms with E-state index in [2.05, 4.69) is 9.97 Å². The molecule has 2 nitrogen and oxygen atoms in total. The van der Waals surface area contributed by atoms with Crippen LogP contribution in [-0.4, -0.2) is 9.97 Å². The minimum Gasteiger partial charge on any atom is -0.342 e. The Labute approximate surface area is 91.7 Å². The minimum absolute atomic E-state index is 0.103. The predicted octanol–water partition coefficient (Wildman–Crippen LogP) is 3.37. The van der Waals surface area contributed by atoms with E-state index in [9.17, 15) is 8.78 Å². The van der Waals surface area contributed by atoms with E-state index in [1.165, 1.54) is 12.1 Å². The summed E-state index contributed by atoms with van der Waals surface area (Å²) in [6.45, 7) is 1.82. The molecule has 0 bridgehead atoms. The molecule has 0 saturated heterocycles. The van der Waals surface area contributed by atoms with Gasteiger partial charge in [0.2, 0.25) is 0 Å². The van der Waals surface area contributed by atoms with Crippen LogP contribution in [0.1, 0.15) is 24.2 Å². The number of imidazole rings is 1. The molecule has 3 rings (SSSR count). The van der Waals surface area contributed by atoms with Gasteiger partial charge in [-0.15, -0.1) is 0 Å². The van der Waals surface area contributed by atoms with Crippen molar-refractivity contribution in [2.24, 2.45) is 5.92 Å². The van der Waals surface area contributed by atoms with Gasteiger partial charge in [0.15, 0.2) is 0 Å². The molecule has 1 aromatic carbocycles. The molecule has 0 radical (unpaired) electrons. The van der Waals surface area contributed by atoms with Gasteiger partial charge in [-0.1, -0.05) is 6.07 Å². The van der Waals surface area contributed by atoms with Crippen molar-refractivity contribution in [1.82, 2.24) is 9.97 Å². The summed E-state index contributed by atoms with van der Waals surface area (Å²) in [5.74, 6) is -2.40. The number of aryl methyl sites for hydroxylation is 1. The molecule has 0 aliphatic heterocycles. The van der Waals surface area contributed by atoms with Crippen LogP contribution in [0.3, 0.4) is 0 Å². The molecule has 0 spiro atoms. The molecular weight excluding hydrogens is 210 g/mol. The number of aromatic nitrogens is 2. The SMILES string of the molecule is Cc1nc2ccc(C(F)(F)C3CC3)cc2[nH]1. The fourth-order valence-electron chi connectivity index (χ4n) is 2.03. The maximum Gasteiger partial charge on any atom is 0.276 e. The van der Waals surface area contributed by atoms with E-state index >= 15 is 0 Å². The molecule has 1 fully saturated rings. The Kier molecular flexibility index (Phi) is 1.85. The van der Waals surface area contributed by atoms with Crippen molar-refractivity contribution in [3.8, 4) is 0 Å². The number of nitrogens with one attached hydrogen (secondary N) is 1. The fourth-order valence-corrected chi connectivity index (χ4v) is 2.03. The summed E-state index contributed by atoms with van der Waals surface area (Å²) < 4.78 is 27.7. The Morgan fingerprint density at radius 3 is 2.81 bits per heavy atom. The number of hydrogen-bond donors (Lipinski definition) is 1. The molecule has 4 heteroatoms. The van der Waals surface area contributed by atoms with E-state index < -0.39 is 11.8 Å². The molecule has 1 heterocycles. The fraction of sp³-hybridized carbons (Fsp3) is 0.417. The van der Waals surface area contributed by atoms with Gasteiger partial charge in [0.05, 0.1) is 11.0 Å². The summed E-state index contributed by atoms with van der Waals surface area (Å²) in [6.07, 6.45) is 1.26. The Morgan fingerprint density at radius 2 is 2.12 bits per heavy atom. The largest absolute Gasteiger partial charge is 0.342 e. The Bertz CT molecular complexity index is 541. The van der Waals surface area contributed by atoms with Crippen molar-refractivity contribution in [2.75, 3.05) is 0 Å². The highest BCUT2D eigenvalue weighted by molar-refractivity contribution is 5.76. The van der Waals surface area contributed by atoms with Gasteiger partial charge in [0, 0.05) is 11.5 Å². The summed E-state index contributed by atoms with van der Waals surface area (Å²) in [5, 5.41) is 0. The lowest BCUT2D eigenvalue weighted by Gasteiger charge is -2.15. The third kappa shape index (κ3) is 1.40. The summed E-state index contributed by atoms with van der Waals surface area (Å²) >= 11 is 0. The standard InChI is InChI=1S/C12H12F2N2/c1-7-15-10-5-4-9(6-11(10)16-7)12(13,14)8-2-3-8/h4-6,8H,2-3H2,1H3,(H,15,16). The first-order valence-corrected chi connectivity index (χ1v) is 5.42. The number of fused-ring (bicyclic) bond motifs is 1. The van der Waals surface area contributed by atoms with E-state index in [0.717, 1.165) is 11.3 Å². The zero-order valence-electron chi connectivity index (χ0n) is 8.93. The molecule has 0 amide bonds. The van der Waals surface area contributed by atoms with E-state index in [4.69, 9.17) is 0 Å². The Hall–Kier alpha value is -1.45. The topological polar surface area (TPSA) is 28.7 Å². The van der Waals surface area contributed by atoms with E-state index in [0.29, 0.717) is 18.4 Å². The maximum atomic E-state index is 13.8. The average Bonchev–Trinajstić information content (AvgIpc) is 3.00. The lowest BCUT2D eigenvalue weighted by molar-refractivity contribution is -0.0284. The number of rotatable bonds is 2. The number of hydrogen-bond acceptors (Lipinski definition) is 1. The highest BCUT2D eigenvalue weighted by Crippen LogP contribution is 2.49. The van der Waals surface area contributed by atoms with Gasteiger partial charge in [-0.3, -0.25) is 0 Å². The summed E-state index contributed by atoms with van der Waals surface area (Å²) in [6, 6.07) is 4.67. The second-order valence-electron chi connectivity index (χ2n) is 4.45. The van der Waals surface area contributed by atoms with Crippen LogP contribution in [0.15, 0.2) is 18.2 Å². The Balaban J connectivity index is 2.10. The molecule has 16 heavy (non-hydrogen) atoms. The molecule has 0 atom stereocenters. The van der Waals surface area contributed by atoms with Crippen LogP contribution in [-0.2, 0) is 5.92 Å². The molecule has 1 aromatic heterocycles. The second kappa shape index (κ2) is 3.03. The van der Waals surface area contributed by atoms with Crippen molar-refractivity contribution < 1.29 is 8.78 Å². The number of halogens is 2. The first-order valence-electron chi connectivity index (χ1n) is 5.42. The first-order chi connectivity index (χ1) is 7.57. The number of H-pyrrole nitrogens is 1. The van der Waals surface area contributed by atoms with Crippen LogP contribution in [0.5, 0.6) is 0 Å². The first kappa shape index (κ1) is 9.75. The zero-order valence-corrected chi connectivity index (χ0v) is 8.93. The molecule has 2 aromatic rings. The van der Waals surface area contributed by atoms with Crippen molar-refractivity contribution in [2.45, 2.75) is 25.7 Å². The highest BCUT2D eigenvalue weighted by Gasteiger charge is 2.47. The maximum absolute atomic E-state index is 13.8. The number of nitrogens with zero attached hydrogens (tertiary/aromatic N) is 1. The van der Waals surface area contributed by atoms with Crippen LogP contribution < -0.4 is 0 Å². The molecule has 84 valence electrons. The van der Waals surface area contributed by atoms with Crippen molar-refractivity contribution in [3.05, 3.63) is 29.6 Å². The predicted molar refractivity (Wildman–Crippen MR) is 57.4 cm³/mol. The van der Waals surface area contributed by atoms with E-state index in [1.807, 2.05) is 6.92 Å². The van der Waals surface area contributed by atoms with Crippen molar-refractivity contribution in [3.63, 3.8) is 0 Å². The number of benzene rings is 1. The van der Waals surface area contributed by atoms with Gasteiger partial charge in [0.1, 0.15) is 5.82 Å². The van der Waals surface area contributed by atoms with Gasteiger partial charge in [-0.05, 0) is 31.9 Å². The smallest absolute Gasteiger partial charge is 0.276 e. The lowest BCUT2D eigenvalue weighted by Crippen LogP contribution is -2.15. The van der Waals surface area contributed by atoms with E-state index in [-0.39, 0.29) is 5.56 Å². The molecule has 1 aliphatic carbocycles. The van der Waals surface area contributed by atoms with Crippen molar-refractivity contribution >= 4 is 11.0 Å². The monoisotopic (exact) mass is 222 g/mol. The van der Waals surface area contributed by atoms with Gasteiger partial charge >= 0.3 is 0 Å².